The fourth-order valence-electron chi connectivity index (χ4n) is 3.91. The molecule has 0 spiro atoms. The first kappa shape index (κ1) is 24.7. The number of rotatable bonds is 7. The van der Waals surface area contributed by atoms with Crippen LogP contribution in [0.25, 0.3) is 0 Å². The highest BCUT2D eigenvalue weighted by Crippen LogP contribution is 2.24. The van der Waals surface area contributed by atoms with Crippen LogP contribution in [-0.4, -0.2) is 47.8 Å². The standard InChI is InChI=1S/C25H29ClFN3O3/c1-3-16(2)28-24(32)22(29-23(31)20-6-4-5-7-21(20)27)17-12-14-30(15-13-17)25(33)18-8-10-19(26)11-9-18/h4-11,16-17,22H,3,12-15H2,1-2H3,(H,28,32)(H,29,31)/t16-,22-/m1/s1. The molecule has 0 radical (unpaired) electrons. The van der Waals surface area contributed by atoms with Gasteiger partial charge in [0.25, 0.3) is 11.8 Å². The van der Waals surface area contributed by atoms with Crippen LogP contribution in [0.4, 0.5) is 4.39 Å². The lowest BCUT2D eigenvalue weighted by Crippen LogP contribution is -2.55. The van der Waals surface area contributed by atoms with E-state index in [0.717, 1.165) is 6.42 Å². The third-order valence-electron chi connectivity index (χ3n) is 6.08. The third-order valence-corrected chi connectivity index (χ3v) is 6.33. The lowest BCUT2D eigenvalue weighted by atomic mass is 9.88. The Balaban J connectivity index is 1.71. The molecule has 1 saturated heterocycles. The molecular formula is C25H29ClFN3O3. The van der Waals surface area contributed by atoms with Crippen molar-refractivity contribution in [3.63, 3.8) is 0 Å². The van der Waals surface area contributed by atoms with Crippen LogP contribution >= 0.6 is 11.6 Å². The van der Waals surface area contributed by atoms with Crippen LogP contribution in [0.1, 0.15) is 53.8 Å². The summed E-state index contributed by atoms with van der Waals surface area (Å²) in [7, 11) is 0. The first-order chi connectivity index (χ1) is 15.8. The smallest absolute Gasteiger partial charge is 0.254 e. The highest BCUT2D eigenvalue weighted by Gasteiger charge is 2.34. The Morgan fingerprint density at radius 3 is 2.30 bits per heavy atom. The molecule has 2 atom stereocenters. The number of carbonyl (C=O) groups is 3. The number of hydrogen-bond donors (Lipinski definition) is 2. The molecule has 0 aliphatic carbocycles. The molecular weight excluding hydrogens is 445 g/mol. The molecule has 33 heavy (non-hydrogen) atoms. The summed E-state index contributed by atoms with van der Waals surface area (Å²) in [6.07, 6.45) is 1.82. The lowest BCUT2D eigenvalue weighted by Gasteiger charge is -2.36. The maximum absolute atomic E-state index is 14.1. The van der Waals surface area contributed by atoms with Crippen molar-refractivity contribution in [2.75, 3.05) is 13.1 Å². The summed E-state index contributed by atoms with van der Waals surface area (Å²) in [6, 6.07) is 11.5. The van der Waals surface area contributed by atoms with Gasteiger partial charge in [-0.25, -0.2) is 4.39 Å². The van der Waals surface area contributed by atoms with E-state index in [-0.39, 0.29) is 29.3 Å². The molecule has 176 valence electrons. The number of nitrogens with zero attached hydrogens (tertiary/aromatic N) is 1. The highest BCUT2D eigenvalue weighted by molar-refractivity contribution is 6.30. The Morgan fingerprint density at radius 1 is 1.06 bits per heavy atom. The number of hydrogen-bond acceptors (Lipinski definition) is 3. The predicted molar refractivity (Wildman–Crippen MR) is 126 cm³/mol. The van der Waals surface area contributed by atoms with E-state index < -0.39 is 17.8 Å². The molecule has 3 amide bonds. The minimum atomic E-state index is -0.820. The first-order valence-electron chi connectivity index (χ1n) is 11.2. The van der Waals surface area contributed by atoms with Gasteiger partial charge in [-0.15, -0.1) is 0 Å². The lowest BCUT2D eigenvalue weighted by molar-refractivity contribution is -0.125. The van der Waals surface area contributed by atoms with Crippen molar-refractivity contribution in [2.45, 2.75) is 45.2 Å². The molecule has 2 aromatic rings. The third kappa shape index (κ3) is 6.32. The van der Waals surface area contributed by atoms with Gasteiger partial charge in [0.15, 0.2) is 0 Å². The van der Waals surface area contributed by atoms with Crippen molar-refractivity contribution in [2.24, 2.45) is 5.92 Å². The van der Waals surface area contributed by atoms with Crippen molar-refractivity contribution in [1.82, 2.24) is 15.5 Å². The maximum atomic E-state index is 14.1. The molecule has 8 heteroatoms. The van der Waals surface area contributed by atoms with Gasteiger partial charge in [-0.1, -0.05) is 30.7 Å². The number of benzene rings is 2. The number of piperidine rings is 1. The van der Waals surface area contributed by atoms with E-state index in [4.69, 9.17) is 11.6 Å². The Morgan fingerprint density at radius 2 is 1.70 bits per heavy atom. The van der Waals surface area contributed by atoms with Gasteiger partial charge in [0.1, 0.15) is 11.9 Å². The summed E-state index contributed by atoms with van der Waals surface area (Å²) in [5, 5.41) is 6.23. The normalized spacial score (nSPS) is 16.1. The molecule has 1 heterocycles. The van der Waals surface area contributed by atoms with Crippen molar-refractivity contribution < 1.29 is 18.8 Å². The molecule has 0 aromatic heterocycles. The van der Waals surface area contributed by atoms with Gasteiger partial charge in [0.05, 0.1) is 5.56 Å². The summed E-state index contributed by atoms with van der Waals surface area (Å²) in [5.74, 6) is -1.84. The Kier molecular flexibility index (Phi) is 8.44. The van der Waals surface area contributed by atoms with E-state index in [1.54, 1.807) is 35.2 Å². The Hall–Kier alpha value is -2.93. The fourth-order valence-corrected chi connectivity index (χ4v) is 4.03. The highest BCUT2D eigenvalue weighted by atomic mass is 35.5. The van der Waals surface area contributed by atoms with Gasteiger partial charge in [0.2, 0.25) is 5.91 Å². The summed E-state index contributed by atoms with van der Waals surface area (Å²) >= 11 is 5.91. The topological polar surface area (TPSA) is 78.5 Å². The number of nitrogens with one attached hydrogen (secondary N) is 2. The van der Waals surface area contributed by atoms with Crippen molar-refractivity contribution in [3.05, 3.63) is 70.5 Å². The van der Waals surface area contributed by atoms with Crippen LogP contribution in [0, 0.1) is 11.7 Å². The largest absolute Gasteiger partial charge is 0.352 e. The minimum Gasteiger partial charge on any atom is -0.352 e. The van der Waals surface area contributed by atoms with Gasteiger partial charge >= 0.3 is 0 Å². The molecule has 2 N–H and O–H groups in total. The minimum absolute atomic E-state index is 0.0584. The van der Waals surface area contributed by atoms with E-state index in [2.05, 4.69) is 10.6 Å². The maximum Gasteiger partial charge on any atom is 0.254 e. The predicted octanol–water partition coefficient (Wildman–Crippen LogP) is 4.04. The molecule has 0 saturated carbocycles. The van der Waals surface area contributed by atoms with Crippen LogP contribution in [0.15, 0.2) is 48.5 Å². The van der Waals surface area contributed by atoms with Gasteiger partial charge in [0, 0.05) is 29.7 Å². The quantitative estimate of drug-likeness (QED) is 0.637. The van der Waals surface area contributed by atoms with E-state index in [1.807, 2.05) is 13.8 Å². The number of likely N-dealkylation sites (tertiary alicyclic amines) is 1. The molecule has 2 aromatic carbocycles. The van der Waals surface area contributed by atoms with E-state index in [1.165, 1.54) is 18.2 Å². The molecule has 1 fully saturated rings. The van der Waals surface area contributed by atoms with E-state index >= 15 is 0 Å². The van der Waals surface area contributed by atoms with Gasteiger partial charge in [-0.3, -0.25) is 14.4 Å². The second-order valence-corrected chi connectivity index (χ2v) is 8.82. The van der Waals surface area contributed by atoms with Crippen LogP contribution < -0.4 is 10.6 Å². The van der Waals surface area contributed by atoms with Crippen LogP contribution in [0.2, 0.25) is 5.02 Å². The SMILES string of the molecule is CC[C@@H](C)NC(=O)[C@H](NC(=O)c1ccccc1F)C1CCN(C(=O)c2ccc(Cl)cc2)CC1. The van der Waals surface area contributed by atoms with Crippen LogP contribution in [-0.2, 0) is 4.79 Å². The monoisotopic (exact) mass is 473 g/mol. The summed E-state index contributed by atoms with van der Waals surface area (Å²) in [4.78, 5) is 40.3. The summed E-state index contributed by atoms with van der Waals surface area (Å²) < 4.78 is 14.1. The van der Waals surface area contributed by atoms with Crippen molar-refractivity contribution in [1.29, 1.82) is 0 Å². The molecule has 3 rings (SSSR count). The molecule has 1 aliphatic heterocycles. The van der Waals surface area contributed by atoms with Gasteiger partial charge in [-0.05, 0) is 68.5 Å². The Bertz CT molecular complexity index is 991. The second-order valence-electron chi connectivity index (χ2n) is 8.39. The average Bonchev–Trinajstić information content (AvgIpc) is 2.82. The number of carbonyl (C=O) groups excluding carboxylic acids is 3. The first-order valence-corrected chi connectivity index (χ1v) is 11.6. The number of amides is 3. The van der Waals surface area contributed by atoms with E-state index in [0.29, 0.717) is 36.5 Å². The average molecular weight is 474 g/mol. The van der Waals surface area contributed by atoms with Crippen LogP contribution in [0.5, 0.6) is 0 Å². The zero-order valence-electron chi connectivity index (χ0n) is 18.8. The van der Waals surface area contributed by atoms with Crippen molar-refractivity contribution >= 4 is 29.3 Å². The van der Waals surface area contributed by atoms with Crippen molar-refractivity contribution in [3.8, 4) is 0 Å². The second kappa shape index (κ2) is 11.3. The fraction of sp³-hybridized carbons (Fsp3) is 0.400. The molecule has 6 nitrogen and oxygen atoms in total. The van der Waals surface area contributed by atoms with Crippen LogP contribution in [0.3, 0.4) is 0 Å². The molecule has 1 aliphatic rings. The number of halogens is 2. The molecule has 0 unspecified atom stereocenters. The molecule has 0 bridgehead atoms. The summed E-state index contributed by atoms with van der Waals surface area (Å²) in [6.45, 7) is 4.75. The Labute approximate surface area is 198 Å². The van der Waals surface area contributed by atoms with Gasteiger partial charge in [-0.2, -0.15) is 0 Å². The van der Waals surface area contributed by atoms with E-state index in [9.17, 15) is 18.8 Å². The zero-order chi connectivity index (χ0) is 24.0. The summed E-state index contributed by atoms with van der Waals surface area (Å²) in [5.41, 5.74) is 0.450. The van der Waals surface area contributed by atoms with Gasteiger partial charge < -0.3 is 15.5 Å². The zero-order valence-corrected chi connectivity index (χ0v) is 19.6.